The molecule has 0 spiro atoms. The van der Waals surface area contributed by atoms with Crippen LogP contribution in [0.4, 0.5) is 15.8 Å². The van der Waals surface area contributed by atoms with Crippen LogP contribution < -0.4 is 15.4 Å². The topological polar surface area (TPSA) is 55.6 Å². The van der Waals surface area contributed by atoms with Crippen LogP contribution in [0.15, 0.2) is 36.4 Å². The summed E-state index contributed by atoms with van der Waals surface area (Å²) < 4.78 is 19.2. The summed E-state index contributed by atoms with van der Waals surface area (Å²) in [5.74, 6) is -0.122. The number of nitrogens with two attached hydrogens (primary N) is 1. The molecule has 0 saturated carbocycles. The summed E-state index contributed by atoms with van der Waals surface area (Å²) >= 11 is 5.88. The van der Waals surface area contributed by atoms with Gasteiger partial charge in [0.25, 0.3) is 5.91 Å². The van der Waals surface area contributed by atoms with E-state index in [0.29, 0.717) is 27.7 Å². The number of amides is 1. The van der Waals surface area contributed by atoms with E-state index >= 15 is 0 Å². The summed E-state index contributed by atoms with van der Waals surface area (Å²) in [6, 6.07) is 9.27. The Kier molecular flexibility index (Phi) is 3.43. The van der Waals surface area contributed by atoms with Crippen molar-refractivity contribution in [3.63, 3.8) is 0 Å². The van der Waals surface area contributed by atoms with Crippen molar-refractivity contribution >= 4 is 28.9 Å². The molecule has 0 bridgehead atoms. The first-order valence-electron chi connectivity index (χ1n) is 6.31. The second-order valence-electron chi connectivity index (χ2n) is 4.73. The number of hydrogen-bond donors (Lipinski definition) is 1. The predicted molar refractivity (Wildman–Crippen MR) is 78.9 cm³/mol. The summed E-state index contributed by atoms with van der Waals surface area (Å²) in [6.45, 7) is -0.00978. The number of nitrogens with zero attached hydrogens (tertiary/aromatic N) is 1. The van der Waals surface area contributed by atoms with Crippen LogP contribution in [0.1, 0.15) is 5.56 Å². The largest absolute Gasteiger partial charge is 0.482 e. The predicted octanol–water partition coefficient (Wildman–Crippen LogP) is 2.99. The monoisotopic (exact) mass is 306 g/mol. The number of benzene rings is 2. The lowest BCUT2D eigenvalue weighted by Crippen LogP contribution is -2.38. The maximum atomic E-state index is 13.9. The van der Waals surface area contributed by atoms with E-state index in [1.165, 1.54) is 23.1 Å². The van der Waals surface area contributed by atoms with Crippen LogP contribution >= 0.6 is 11.6 Å². The van der Waals surface area contributed by atoms with Crippen LogP contribution in [-0.2, 0) is 11.3 Å². The Bertz CT molecular complexity index is 721. The van der Waals surface area contributed by atoms with Crippen LogP contribution in [0.2, 0.25) is 5.02 Å². The van der Waals surface area contributed by atoms with Crippen molar-refractivity contribution in [1.29, 1.82) is 0 Å². The molecule has 0 aliphatic carbocycles. The molecule has 108 valence electrons. The van der Waals surface area contributed by atoms with E-state index in [1.807, 2.05) is 0 Å². The first kappa shape index (κ1) is 13.7. The molecule has 1 aliphatic heterocycles. The van der Waals surface area contributed by atoms with Crippen molar-refractivity contribution in [3.05, 3.63) is 52.8 Å². The number of hydrogen-bond acceptors (Lipinski definition) is 3. The van der Waals surface area contributed by atoms with E-state index < -0.39 is 5.82 Å². The second kappa shape index (κ2) is 5.26. The Balaban J connectivity index is 2.00. The highest BCUT2D eigenvalue weighted by molar-refractivity contribution is 6.30. The number of fused-ring (bicyclic) bond motifs is 1. The fraction of sp³-hybridized carbons (Fsp3) is 0.133. The molecule has 4 nitrogen and oxygen atoms in total. The van der Waals surface area contributed by atoms with Gasteiger partial charge >= 0.3 is 0 Å². The fourth-order valence-corrected chi connectivity index (χ4v) is 2.42. The van der Waals surface area contributed by atoms with Gasteiger partial charge in [-0.3, -0.25) is 4.79 Å². The summed E-state index contributed by atoms with van der Waals surface area (Å²) in [7, 11) is 0. The minimum atomic E-state index is -0.413. The quantitative estimate of drug-likeness (QED) is 0.868. The van der Waals surface area contributed by atoms with Gasteiger partial charge in [-0.15, -0.1) is 0 Å². The highest BCUT2D eigenvalue weighted by atomic mass is 35.5. The number of nitrogen functional groups attached to an aromatic ring is 1. The molecule has 1 aliphatic rings. The summed E-state index contributed by atoms with van der Waals surface area (Å²) in [5, 5.41) is 0.417. The van der Waals surface area contributed by atoms with Gasteiger partial charge in [0.05, 0.1) is 12.2 Å². The summed E-state index contributed by atoms with van der Waals surface area (Å²) in [5.41, 5.74) is 7.12. The van der Waals surface area contributed by atoms with Crippen molar-refractivity contribution in [2.24, 2.45) is 0 Å². The molecule has 0 radical (unpaired) electrons. The van der Waals surface area contributed by atoms with Gasteiger partial charge < -0.3 is 15.4 Å². The van der Waals surface area contributed by atoms with Crippen LogP contribution in [0.3, 0.4) is 0 Å². The normalized spacial score (nSPS) is 13.8. The average molecular weight is 307 g/mol. The van der Waals surface area contributed by atoms with Crippen molar-refractivity contribution in [2.75, 3.05) is 17.2 Å². The minimum absolute atomic E-state index is 0.0744. The third-order valence-corrected chi connectivity index (χ3v) is 3.50. The number of anilines is 2. The van der Waals surface area contributed by atoms with E-state index in [2.05, 4.69) is 0 Å². The Labute approximate surface area is 125 Å². The van der Waals surface area contributed by atoms with Gasteiger partial charge in [-0.2, -0.15) is 0 Å². The van der Waals surface area contributed by atoms with Gasteiger partial charge in [-0.05, 0) is 36.4 Å². The standard InChI is InChI=1S/C15H12ClFN2O2/c16-10-1-3-12(17)9(5-10)7-19-13-6-11(18)2-4-14(13)21-8-15(19)20/h1-6H,7-8,18H2. The van der Waals surface area contributed by atoms with Gasteiger partial charge in [-0.25, -0.2) is 4.39 Å². The highest BCUT2D eigenvalue weighted by Gasteiger charge is 2.26. The molecular formula is C15H12ClFN2O2. The van der Waals surface area contributed by atoms with Crippen molar-refractivity contribution in [1.82, 2.24) is 0 Å². The highest BCUT2D eigenvalue weighted by Crippen LogP contribution is 2.35. The lowest BCUT2D eigenvalue weighted by molar-refractivity contribution is -0.121. The van der Waals surface area contributed by atoms with E-state index in [0.717, 1.165) is 0 Å². The summed E-state index contributed by atoms with van der Waals surface area (Å²) in [4.78, 5) is 13.5. The van der Waals surface area contributed by atoms with Gasteiger partial charge in [-0.1, -0.05) is 11.6 Å². The molecule has 21 heavy (non-hydrogen) atoms. The maximum absolute atomic E-state index is 13.9. The van der Waals surface area contributed by atoms with Gasteiger partial charge in [0.2, 0.25) is 0 Å². The maximum Gasteiger partial charge on any atom is 0.265 e. The average Bonchev–Trinajstić information content (AvgIpc) is 2.46. The van der Waals surface area contributed by atoms with Gasteiger partial charge in [0, 0.05) is 16.3 Å². The SMILES string of the molecule is Nc1ccc2c(c1)N(Cc1cc(Cl)ccc1F)C(=O)CO2. The number of ether oxygens (including phenoxy) is 1. The van der Waals surface area contributed by atoms with E-state index in [1.54, 1.807) is 18.2 Å². The van der Waals surface area contributed by atoms with E-state index in [9.17, 15) is 9.18 Å². The molecule has 2 aromatic rings. The van der Waals surface area contributed by atoms with Gasteiger partial charge in [0.15, 0.2) is 6.61 Å². The Morgan fingerprint density at radius 3 is 2.90 bits per heavy atom. The third-order valence-electron chi connectivity index (χ3n) is 3.26. The Morgan fingerprint density at radius 2 is 2.10 bits per heavy atom. The molecule has 6 heteroatoms. The van der Waals surface area contributed by atoms with Crippen molar-refractivity contribution in [2.45, 2.75) is 6.54 Å². The molecule has 1 heterocycles. The molecule has 2 N–H and O–H groups in total. The second-order valence-corrected chi connectivity index (χ2v) is 5.17. The number of carbonyl (C=O) groups excluding carboxylic acids is 1. The first-order valence-corrected chi connectivity index (χ1v) is 6.69. The molecule has 3 rings (SSSR count). The summed E-state index contributed by atoms with van der Waals surface area (Å²) in [6.07, 6.45) is 0. The molecule has 0 fully saturated rings. The van der Waals surface area contributed by atoms with Crippen LogP contribution in [0.5, 0.6) is 5.75 Å². The molecule has 1 amide bonds. The zero-order valence-electron chi connectivity index (χ0n) is 11.0. The molecule has 0 atom stereocenters. The molecule has 0 saturated heterocycles. The Hall–Kier alpha value is -2.27. The number of halogens is 2. The number of carbonyl (C=O) groups is 1. The van der Waals surface area contributed by atoms with Crippen molar-refractivity contribution < 1.29 is 13.9 Å². The first-order chi connectivity index (χ1) is 10.0. The van der Waals surface area contributed by atoms with Crippen molar-refractivity contribution in [3.8, 4) is 5.75 Å². The molecule has 0 unspecified atom stereocenters. The third kappa shape index (κ3) is 2.64. The van der Waals surface area contributed by atoms with Crippen LogP contribution in [0, 0.1) is 5.82 Å². The lowest BCUT2D eigenvalue weighted by Gasteiger charge is -2.29. The van der Waals surface area contributed by atoms with Crippen LogP contribution in [-0.4, -0.2) is 12.5 Å². The zero-order chi connectivity index (χ0) is 15.0. The molecule has 2 aromatic carbocycles. The molecule has 0 aromatic heterocycles. The van der Waals surface area contributed by atoms with E-state index in [-0.39, 0.29) is 19.1 Å². The minimum Gasteiger partial charge on any atom is -0.482 e. The van der Waals surface area contributed by atoms with Crippen LogP contribution in [0.25, 0.3) is 0 Å². The smallest absolute Gasteiger partial charge is 0.265 e. The lowest BCUT2D eigenvalue weighted by atomic mass is 10.1. The molecular weight excluding hydrogens is 295 g/mol. The van der Waals surface area contributed by atoms with Gasteiger partial charge in [0.1, 0.15) is 11.6 Å². The Morgan fingerprint density at radius 1 is 1.29 bits per heavy atom. The van der Waals surface area contributed by atoms with E-state index in [4.69, 9.17) is 22.1 Å². The fourth-order valence-electron chi connectivity index (χ4n) is 2.23. The zero-order valence-corrected chi connectivity index (χ0v) is 11.7. The number of rotatable bonds is 2.